The van der Waals surface area contributed by atoms with Crippen LogP contribution in [0.2, 0.25) is 0 Å². The number of aliphatic carboxylic acids is 1. The van der Waals surface area contributed by atoms with E-state index in [1.165, 1.54) is 19.3 Å². The van der Waals surface area contributed by atoms with Crippen molar-refractivity contribution in [2.75, 3.05) is 0 Å². The highest BCUT2D eigenvalue weighted by Crippen LogP contribution is 2.43. The number of carbonyl (C=O) groups is 1. The van der Waals surface area contributed by atoms with Crippen molar-refractivity contribution in [3.63, 3.8) is 0 Å². The van der Waals surface area contributed by atoms with Gasteiger partial charge < -0.3 is 10.2 Å². The molecule has 21 heavy (non-hydrogen) atoms. The van der Waals surface area contributed by atoms with Gasteiger partial charge in [0.05, 0.1) is 5.41 Å². The Morgan fingerprint density at radius 2 is 1.86 bits per heavy atom. The lowest BCUT2D eigenvalue weighted by atomic mass is 9.66. The second-order valence-electron chi connectivity index (χ2n) is 6.51. The summed E-state index contributed by atoms with van der Waals surface area (Å²) in [5.74, 6) is 0.271. The van der Waals surface area contributed by atoms with Gasteiger partial charge in [-0.05, 0) is 55.7 Å². The molecular formula is C18H26O3. The van der Waals surface area contributed by atoms with Gasteiger partial charge in [0.1, 0.15) is 5.75 Å². The lowest BCUT2D eigenvalue weighted by molar-refractivity contribution is -0.151. The Balaban J connectivity index is 2.02. The van der Waals surface area contributed by atoms with Crippen LogP contribution in [-0.4, -0.2) is 16.2 Å². The fourth-order valence-corrected chi connectivity index (χ4v) is 3.48. The summed E-state index contributed by atoms with van der Waals surface area (Å²) in [7, 11) is 0. The van der Waals surface area contributed by atoms with Crippen LogP contribution in [-0.2, 0) is 11.2 Å². The molecule has 1 aliphatic carbocycles. The summed E-state index contributed by atoms with van der Waals surface area (Å²) in [5.41, 5.74) is 0.391. The second-order valence-corrected chi connectivity index (χ2v) is 6.51. The average Bonchev–Trinajstić information content (AvgIpc) is 2.49. The van der Waals surface area contributed by atoms with E-state index >= 15 is 0 Å². The molecule has 0 unspecified atom stereocenters. The first-order valence-electron chi connectivity index (χ1n) is 8.07. The molecule has 3 nitrogen and oxygen atoms in total. The Morgan fingerprint density at radius 3 is 2.38 bits per heavy atom. The third-order valence-corrected chi connectivity index (χ3v) is 4.96. The van der Waals surface area contributed by atoms with Gasteiger partial charge in [0.2, 0.25) is 0 Å². The zero-order valence-corrected chi connectivity index (χ0v) is 12.8. The standard InChI is InChI=1S/C18H26O3/c1-2-3-4-14-9-11-18(12-10-14,17(20)21)13-15-5-7-16(19)8-6-15/h5-8,14,19H,2-4,9-13H2,1H3,(H,20,21). The van der Waals surface area contributed by atoms with E-state index < -0.39 is 11.4 Å². The molecule has 3 heteroatoms. The summed E-state index contributed by atoms with van der Waals surface area (Å²) >= 11 is 0. The maximum atomic E-state index is 11.8. The van der Waals surface area contributed by atoms with Crippen LogP contribution in [0.4, 0.5) is 0 Å². The smallest absolute Gasteiger partial charge is 0.309 e. The molecular weight excluding hydrogens is 264 g/mol. The van der Waals surface area contributed by atoms with Crippen LogP contribution in [0.3, 0.4) is 0 Å². The van der Waals surface area contributed by atoms with Crippen molar-refractivity contribution >= 4 is 5.97 Å². The van der Waals surface area contributed by atoms with Crippen molar-refractivity contribution in [1.82, 2.24) is 0 Å². The van der Waals surface area contributed by atoms with Crippen LogP contribution in [0.1, 0.15) is 57.4 Å². The maximum Gasteiger partial charge on any atom is 0.309 e. The fourth-order valence-electron chi connectivity index (χ4n) is 3.48. The molecule has 0 atom stereocenters. The van der Waals surface area contributed by atoms with E-state index in [0.717, 1.165) is 31.2 Å². The number of aromatic hydroxyl groups is 1. The van der Waals surface area contributed by atoms with Gasteiger partial charge in [-0.25, -0.2) is 0 Å². The van der Waals surface area contributed by atoms with E-state index in [1.54, 1.807) is 12.1 Å². The van der Waals surface area contributed by atoms with E-state index in [2.05, 4.69) is 6.92 Å². The van der Waals surface area contributed by atoms with Crippen LogP contribution >= 0.6 is 0 Å². The van der Waals surface area contributed by atoms with Crippen LogP contribution in [0, 0.1) is 11.3 Å². The van der Waals surface area contributed by atoms with E-state index in [0.29, 0.717) is 12.3 Å². The minimum Gasteiger partial charge on any atom is -0.508 e. The number of phenols is 1. The lowest BCUT2D eigenvalue weighted by Gasteiger charge is -2.37. The van der Waals surface area contributed by atoms with E-state index in [-0.39, 0.29) is 5.75 Å². The molecule has 0 aromatic heterocycles. The van der Waals surface area contributed by atoms with Crippen LogP contribution < -0.4 is 0 Å². The van der Waals surface area contributed by atoms with Gasteiger partial charge in [0.25, 0.3) is 0 Å². The lowest BCUT2D eigenvalue weighted by Crippen LogP contribution is -2.37. The van der Waals surface area contributed by atoms with Crippen LogP contribution in [0.15, 0.2) is 24.3 Å². The van der Waals surface area contributed by atoms with Crippen LogP contribution in [0.5, 0.6) is 5.75 Å². The predicted molar refractivity (Wildman–Crippen MR) is 83.4 cm³/mol. The quantitative estimate of drug-likeness (QED) is 0.817. The average molecular weight is 290 g/mol. The van der Waals surface area contributed by atoms with E-state index in [1.807, 2.05) is 12.1 Å². The van der Waals surface area contributed by atoms with Crippen molar-refractivity contribution in [1.29, 1.82) is 0 Å². The molecule has 1 aromatic carbocycles. The van der Waals surface area contributed by atoms with Crippen molar-refractivity contribution in [3.05, 3.63) is 29.8 Å². The third kappa shape index (κ3) is 3.99. The molecule has 1 saturated carbocycles. The molecule has 1 aliphatic rings. The first-order valence-corrected chi connectivity index (χ1v) is 8.07. The Kier molecular flexibility index (Phi) is 5.27. The molecule has 2 N–H and O–H groups in total. The normalized spacial score (nSPS) is 25.7. The summed E-state index contributed by atoms with van der Waals surface area (Å²) < 4.78 is 0. The molecule has 0 saturated heterocycles. The molecule has 2 rings (SSSR count). The molecule has 0 radical (unpaired) electrons. The van der Waals surface area contributed by atoms with Crippen molar-refractivity contribution < 1.29 is 15.0 Å². The molecule has 0 heterocycles. The number of unbranched alkanes of at least 4 members (excludes halogenated alkanes) is 1. The maximum absolute atomic E-state index is 11.8. The number of hydrogen-bond acceptors (Lipinski definition) is 2. The second kappa shape index (κ2) is 6.97. The summed E-state index contributed by atoms with van der Waals surface area (Å²) in [6.45, 7) is 2.20. The minimum atomic E-state index is -0.662. The monoisotopic (exact) mass is 290 g/mol. The van der Waals surface area contributed by atoms with Crippen molar-refractivity contribution in [2.45, 2.75) is 58.3 Å². The predicted octanol–water partition coefficient (Wildman–Crippen LogP) is 4.39. The Morgan fingerprint density at radius 1 is 1.24 bits per heavy atom. The molecule has 0 spiro atoms. The first kappa shape index (κ1) is 15.9. The number of rotatable bonds is 6. The topological polar surface area (TPSA) is 57.5 Å². The summed E-state index contributed by atoms with van der Waals surface area (Å²) in [6, 6.07) is 6.95. The summed E-state index contributed by atoms with van der Waals surface area (Å²) in [5, 5.41) is 19.1. The zero-order valence-electron chi connectivity index (χ0n) is 12.8. The van der Waals surface area contributed by atoms with Gasteiger partial charge in [-0.1, -0.05) is 38.3 Å². The van der Waals surface area contributed by atoms with E-state index in [9.17, 15) is 15.0 Å². The highest BCUT2D eigenvalue weighted by molar-refractivity contribution is 5.75. The molecule has 1 fully saturated rings. The van der Waals surface area contributed by atoms with Gasteiger partial charge in [-0.15, -0.1) is 0 Å². The number of benzene rings is 1. The molecule has 116 valence electrons. The SMILES string of the molecule is CCCCC1CCC(Cc2ccc(O)cc2)(C(=O)O)CC1. The summed E-state index contributed by atoms with van der Waals surface area (Å²) in [4.78, 5) is 11.8. The number of hydrogen-bond donors (Lipinski definition) is 2. The third-order valence-electron chi connectivity index (χ3n) is 4.96. The van der Waals surface area contributed by atoms with Gasteiger partial charge in [-0.3, -0.25) is 4.79 Å². The first-order chi connectivity index (χ1) is 10.1. The minimum absolute atomic E-state index is 0.228. The Labute approximate surface area is 127 Å². The highest BCUT2D eigenvalue weighted by atomic mass is 16.4. The number of carboxylic acid groups (broad SMARTS) is 1. The highest BCUT2D eigenvalue weighted by Gasteiger charge is 2.41. The summed E-state index contributed by atoms with van der Waals surface area (Å²) in [6.07, 6.45) is 7.90. The molecule has 0 aliphatic heterocycles. The van der Waals surface area contributed by atoms with Crippen molar-refractivity contribution in [2.24, 2.45) is 11.3 Å². The Bertz CT molecular complexity index is 456. The largest absolute Gasteiger partial charge is 0.508 e. The molecule has 0 bridgehead atoms. The zero-order chi connectivity index (χ0) is 15.3. The van der Waals surface area contributed by atoms with E-state index in [4.69, 9.17) is 0 Å². The number of phenolic OH excluding ortho intramolecular Hbond substituents is 1. The molecule has 0 amide bonds. The van der Waals surface area contributed by atoms with Gasteiger partial charge >= 0.3 is 5.97 Å². The van der Waals surface area contributed by atoms with Crippen molar-refractivity contribution in [3.8, 4) is 5.75 Å². The molecule has 1 aromatic rings. The van der Waals surface area contributed by atoms with Crippen LogP contribution in [0.25, 0.3) is 0 Å². The van der Waals surface area contributed by atoms with Gasteiger partial charge in [0.15, 0.2) is 0 Å². The fraction of sp³-hybridized carbons (Fsp3) is 0.611. The van der Waals surface area contributed by atoms with Gasteiger partial charge in [0, 0.05) is 0 Å². The Hall–Kier alpha value is -1.51. The number of carboxylic acids is 1. The van der Waals surface area contributed by atoms with Gasteiger partial charge in [-0.2, -0.15) is 0 Å².